The Morgan fingerprint density at radius 3 is 2.96 bits per heavy atom. The topological polar surface area (TPSA) is 55.2 Å². The smallest absolute Gasteiger partial charge is 0.165 e. The average Bonchev–Trinajstić information content (AvgIpc) is 3.11. The lowest BCUT2D eigenvalue weighted by Crippen LogP contribution is -2.19. The van der Waals surface area contributed by atoms with Crippen molar-refractivity contribution in [3.63, 3.8) is 0 Å². The lowest BCUT2D eigenvalue weighted by atomic mass is 10.0. The number of aliphatic hydroxyl groups is 1. The van der Waals surface area contributed by atoms with E-state index in [9.17, 15) is 5.11 Å². The Bertz CT molecular complexity index is 1000. The highest BCUT2D eigenvalue weighted by atomic mass is 32.1. The number of hydrogen-bond donors (Lipinski definition) is 1. The van der Waals surface area contributed by atoms with Crippen LogP contribution in [-0.2, 0) is 5.60 Å². The van der Waals surface area contributed by atoms with Gasteiger partial charge in [0.05, 0.1) is 23.5 Å². The molecule has 0 aliphatic carbocycles. The van der Waals surface area contributed by atoms with Crippen molar-refractivity contribution >= 4 is 11.3 Å². The summed E-state index contributed by atoms with van der Waals surface area (Å²) >= 11 is 1.66. The van der Waals surface area contributed by atoms with Crippen LogP contribution >= 0.6 is 11.3 Å². The molecule has 3 aromatic rings. The fourth-order valence-electron chi connectivity index (χ4n) is 2.92. The van der Waals surface area contributed by atoms with E-state index >= 15 is 0 Å². The minimum absolute atomic E-state index is 0.310. The van der Waals surface area contributed by atoms with Gasteiger partial charge < -0.3 is 9.84 Å². The van der Waals surface area contributed by atoms with Crippen LogP contribution in [0.4, 0.5) is 0 Å². The first-order valence-corrected chi connectivity index (χ1v) is 9.30. The molecule has 2 atom stereocenters. The van der Waals surface area contributed by atoms with E-state index in [1.807, 2.05) is 35.8 Å². The molecule has 1 unspecified atom stereocenters. The maximum absolute atomic E-state index is 10.6. The summed E-state index contributed by atoms with van der Waals surface area (Å²) in [6.07, 6.45) is 1.65. The summed E-state index contributed by atoms with van der Waals surface area (Å²) < 4.78 is 5.93. The molecule has 0 spiro atoms. The Labute approximate surface area is 156 Å². The maximum atomic E-state index is 10.6. The number of aromatic nitrogens is 2. The molecule has 0 saturated heterocycles. The van der Waals surface area contributed by atoms with Crippen LogP contribution in [-0.4, -0.2) is 21.7 Å². The quantitative estimate of drug-likeness (QED) is 0.666. The highest BCUT2D eigenvalue weighted by Gasteiger charge is 2.24. The summed E-state index contributed by atoms with van der Waals surface area (Å²) in [6.45, 7) is 4.43. The van der Waals surface area contributed by atoms with E-state index in [0.29, 0.717) is 18.2 Å². The molecule has 130 valence electrons. The Morgan fingerprint density at radius 2 is 2.15 bits per heavy atom. The van der Waals surface area contributed by atoms with Crippen molar-refractivity contribution < 1.29 is 9.84 Å². The lowest BCUT2D eigenvalue weighted by Gasteiger charge is -2.15. The van der Waals surface area contributed by atoms with Crippen LogP contribution in [0.2, 0.25) is 0 Å². The van der Waals surface area contributed by atoms with E-state index in [1.54, 1.807) is 30.5 Å². The third-order valence-corrected chi connectivity index (χ3v) is 5.44. The molecular weight excluding hydrogens is 344 g/mol. The maximum Gasteiger partial charge on any atom is 0.165 e. The predicted molar refractivity (Wildman–Crippen MR) is 102 cm³/mol. The standard InChI is InChI=1S/C21H18N2O2S/c1-14-12-25-17-7-6-15(11-16(17)19-20(14)26-13-23-19)8-9-21(2,24)18-5-3-4-10-22-18/h3-7,10-11,13-14,24H,12H2,1-2H3/t14?,21-/m1/s1. The first-order valence-electron chi connectivity index (χ1n) is 8.42. The summed E-state index contributed by atoms with van der Waals surface area (Å²) in [6, 6.07) is 11.2. The Morgan fingerprint density at radius 1 is 1.27 bits per heavy atom. The normalized spacial score (nSPS) is 17.6. The van der Waals surface area contributed by atoms with Crippen LogP contribution in [0.1, 0.15) is 35.9 Å². The van der Waals surface area contributed by atoms with Crippen molar-refractivity contribution in [3.05, 3.63) is 64.2 Å². The predicted octanol–water partition coefficient (Wildman–Crippen LogP) is 3.96. The van der Waals surface area contributed by atoms with E-state index in [1.165, 1.54) is 4.88 Å². The molecular formula is C21H18N2O2S. The van der Waals surface area contributed by atoms with Crippen molar-refractivity contribution in [1.29, 1.82) is 0 Å². The number of pyridine rings is 1. The zero-order valence-corrected chi connectivity index (χ0v) is 15.4. The van der Waals surface area contributed by atoms with Gasteiger partial charge in [-0.1, -0.05) is 24.8 Å². The second-order valence-corrected chi connectivity index (χ2v) is 7.41. The van der Waals surface area contributed by atoms with Crippen molar-refractivity contribution in [2.45, 2.75) is 25.4 Å². The van der Waals surface area contributed by atoms with Crippen molar-refractivity contribution in [3.8, 4) is 28.8 Å². The molecule has 3 heterocycles. The molecule has 0 saturated carbocycles. The minimum Gasteiger partial charge on any atom is -0.492 e. The van der Waals surface area contributed by atoms with E-state index in [2.05, 4.69) is 28.7 Å². The third-order valence-electron chi connectivity index (χ3n) is 4.38. The summed E-state index contributed by atoms with van der Waals surface area (Å²) in [4.78, 5) is 9.96. The molecule has 4 nitrogen and oxygen atoms in total. The van der Waals surface area contributed by atoms with Crippen LogP contribution in [0, 0.1) is 11.8 Å². The van der Waals surface area contributed by atoms with Gasteiger partial charge in [-0.2, -0.15) is 0 Å². The summed E-state index contributed by atoms with van der Waals surface area (Å²) in [5, 5.41) is 10.6. The van der Waals surface area contributed by atoms with Crippen LogP contribution in [0.15, 0.2) is 48.1 Å². The molecule has 0 radical (unpaired) electrons. The van der Waals surface area contributed by atoms with E-state index in [-0.39, 0.29) is 0 Å². The largest absolute Gasteiger partial charge is 0.492 e. The molecule has 0 fully saturated rings. The number of hydrogen-bond acceptors (Lipinski definition) is 5. The fraction of sp³-hybridized carbons (Fsp3) is 0.238. The molecule has 2 aromatic heterocycles. The van der Waals surface area contributed by atoms with Gasteiger partial charge in [0.15, 0.2) is 5.60 Å². The Kier molecular flexibility index (Phi) is 4.23. The van der Waals surface area contributed by atoms with Crippen LogP contribution in [0.3, 0.4) is 0 Å². The van der Waals surface area contributed by atoms with Crippen LogP contribution in [0.5, 0.6) is 5.75 Å². The van der Waals surface area contributed by atoms with Gasteiger partial charge in [-0.05, 0) is 37.3 Å². The highest BCUT2D eigenvalue weighted by Crippen LogP contribution is 2.40. The van der Waals surface area contributed by atoms with Crippen molar-refractivity contribution in [2.75, 3.05) is 6.61 Å². The Hall–Kier alpha value is -2.68. The first-order chi connectivity index (χ1) is 12.5. The third kappa shape index (κ3) is 3.10. The van der Waals surface area contributed by atoms with Gasteiger partial charge in [0, 0.05) is 28.1 Å². The number of fused-ring (bicyclic) bond motifs is 3. The Balaban J connectivity index is 1.72. The lowest BCUT2D eigenvalue weighted by molar-refractivity contribution is 0.117. The van der Waals surface area contributed by atoms with Crippen molar-refractivity contribution in [2.24, 2.45) is 0 Å². The molecule has 26 heavy (non-hydrogen) atoms. The molecule has 1 aliphatic rings. The number of rotatable bonds is 1. The second-order valence-electron chi connectivity index (χ2n) is 6.53. The molecule has 4 rings (SSSR count). The number of ether oxygens (including phenoxy) is 1. The number of benzene rings is 1. The molecule has 5 heteroatoms. The average molecular weight is 362 g/mol. The van der Waals surface area contributed by atoms with E-state index in [0.717, 1.165) is 22.6 Å². The fourth-order valence-corrected chi connectivity index (χ4v) is 3.77. The van der Waals surface area contributed by atoms with Crippen LogP contribution in [0.25, 0.3) is 11.3 Å². The van der Waals surface area contributed by atoms with E-state index in [4.69, 9.17) is 4.74 Å². The van der Waals surface area contributed by atoms with Gasteiger partial charge in [0.1, 0.15) is 5.75 Å². The zero-order valence-electron chi connectivity index (χ0n) is 14.6. The monoisotopic (exact) mass is 362 g/mol. The van der Waals surface area contributed by atoms with Gasteiger partial charge in [0.25, 0.3) is 0 Å². The summed E-state index contributed by atoms with van der Waals surface area (Å²) in [5.74, 6) is 7.13. The van der Waals surface area contributed by atoms with Crippen molar-refractivity contribution in [1.82, 2.24) is 9.97 Å². The number of thiazole rings is 1. The van der Waals surface area contributed by atoms with Gasteiger partial charge in [-0.3, -0.25) is 4.98 Å². The molecule has 1 N–H and O–H groups in total. The molecule has 1 aliphatic heterocycles. The van der Waals surface area contributed by atoms with Gasteiger partial charge >= 0.3 is 0 Å². The molecule has 0 bridgehead atoms. The molecule has 0 amide bonds. The zero-order chi connectivity index (χ0) is 18.1. The van der Waals surface area contributed by atoms with Gasteiger partial charge in [0.2, 0.25) is 0 Å². The van der Waals surface area contributed by atoms with Crippen LogP contribution < -0.4 is 4.74 Å². The molecule has 1 aromatic carbocycles. The SMILES string of the molecule is CC1COc2ccc(C#C[C@@](C)(O)c3ccccn3)cc2-c2ncsc21. The van der Waals surface area contributed by atoms with E-state index < -0.39 is 5.60 Å². The minimum atomic E-state index is -1.31. The van der Waals surface area contributed by atoms with Gasteiger partial charge in [-0.15, -0.1) is 11.3 Å². The summed E-state index contributed by atoms with van der Waals surface area (Å²) in [7, 11) is 0. The first kappa shape index (κ1) is 16.8. The second kappa shape index (κ2) is 6.56. The summed E-state index contributed by atoms with van der Waals surface area (Å²) in [5.41, 5.74) is 3.81. The number of nitrogens with zero attached hydrogens (tertiary/aromatic N) is 2. The highest BCUT2D eigenvalue weighted by molar-refractivity contribution is 7.10. The van der Waals surface area contributed by atoms with Gasteiger partial charge in [-0.25, -0.2) is 4.98 Å².